The van der Waals surface area contributed by atoms with E-state index < -0.39 is 16.0 Å². The fourth-order valence-corrected chi connectivity index (χ4v) is 4.23. The first-order chi connectivity index (χ1) is 10.4. The Morgan fingerprint density at radius 3 is 2.43 bits per heavy atom. The molecule has 0 atom stereocenters. The number of carbonyl (C=O) groups excluding carboxylic acids is 1. The van der Waals surface area contributed by atoms with Crippen molar-refractivity contribution in [2.24, 2.45) is 11.7 Å². The van der Waals surface area contributed by atoms with Crippen LogP contribution in [0.1, 0.15) is 28.8 Å². The van der Waals surface area contributed by atoms with Crippen molar-refractivity contribution >= 4 is 28.4 Å². The van der Waals surface area contributed by atoms with Gasteiger partial charge in [-0.15, -0.1) is 12.4 Å². The number of aryl methyl sites for hydroxylation is 1. The summed E-state index contributed by atoms with van der Waals surface area (Å²) in [6.45, 7) is 3.27. The van der Waals surface area contributed by atoms with Crippen LogP contribution < -0.4 is 5.73 Å². The summed E-state index contributed by atoms with van der Waals surface area (Å²) >= 11 is 0. The Balaban J connectivity index is 0.00000264. The van der Waals surface area contributed by atoms with Gasteiger partial charge in [0.2, 0.25) is 10.0 Å². The van der Waals surface area contributed by atoms with Crippen molar-refractivity contribution in [3.63, 3.8) is 0 Å². The number of carbonyl (C=O) groups is 1. The number of nitrogens with two attached hydrogens (primary N) is 1. The number of esters is 1. The monoisotopic (exact) mass is 362 g/mol. The van der Waals surface area contributed by atoms with Crippen LogP contribution in [0.25, 0.3) is 0 Å². The predicted octanol–water partition coefficient (Wildman–Crippen LogP) is 1.56. The van der Waals surface area contributed by atoms with Crippen LogP contribution in [-0.4, -0.2) is 45.4 Å². The summed E-state index contributed by atoms with van der Waals surface area (Å²) in [4.78, 5) is 11.8. The van der Waals surface area contributed by atoms with E-state index in [2.05, 4.69) is 4.74 Å². The molecular weight excluding hydrogens is 340 g/mol. The summed E-state index contributed by atoms with van der Waals surface area (Å²) in [5, 5.41) is 0. The van der Waals surface area contributed by atoms with Gasteiger partial charge in [0.15, 0.2) is 0 Å². The second-order valence-electron chi connectivity index (χ2n) is 5.55. The number of hydrogen-bond acceptors (Lipinski definition) is 5. The van der Waals surface area contributed by atoms with Crippen LogP contribution in [0.3, 0.4) is 0 Å². The van der Waals surface area contributed by atoms with Crippen LogP contribution >= 0.6 is 12.4 Å². The second kappa shape index (κ2) is 8.10. The number of sulfonamides is 1. The highest BCUT2D eigenvalue weighted by Gasteiger charge is 2.29. The molecule has 1 saturated heterocycles. The molecule has 1 aliphatic heterocycles. The number of piperidine rings is 1. The fraction of sp³-hybridized carbons (Fsp3) is 0.533. The molecule has 0 amide bonds. The van der Waals surface area contributed by atoms with E-state index in [1.54, 1.807) is 6.92 Å². The molecule has 1 fully saturated rings. The maximum absolute atomic E-state index is 12.7. The van der Waals surface area contributed by atoms with Crippen LogP contribution in [0.4, 0.5) is 0 Å². The quantitative estimate of drug-likeness (QED) is 0.821. The Labute approximate surface area is 143 Å². The van der Waals surface area contributed by atoms with Crippen molar-refractivity contribution in [2.75, 3.05) is 26.7 Å². The van der Waals surface area contributed by atoms with Crippen molar-refractivity contribution in [1.82, 2.24) is 4.31 Å². The van der Waals surface area contributed by atoms with Crippen LogP contribution in [-0.2, 0) is 14.8 Å². The molecule has 2 rings (SSSR count). The Morgan fingerprint density at radius 1 is 1.35 bits per heavy atom. The zero-order chi connectivity index (χ0) is 16.3. The molecule has 0 unspecified atom stereocenters. The maximum atomic E-state index is 12.7. The smallest absolute Gasteiger partial charge is 0.338 e. The summed E-state index contributed by atoms with van der Waals surface area (Å²) < 4.78 is 31.5. The van der Waals surface area contributed by atoms with Crippen LogP contribution in [0.5, 0.6) is 0 Å². The standard InChI is InChI=1S/C15H22N2O4S.ClH/c1-11-9-13(3-4-14(11)15(18)21-2)22(19,20)17-7-5-12(10-16)6-8-17;/h3-4,9,12H,5-8,10,16H2,1-2H3;1H. The van der Waals surface area contributed by atoms with Crippen LogP contribution in [0, 0.1) is 12.8 Å². The van der Waals surface area contributed by atoms with E-state index in [0.29, 0.717) is 36.7 Å². The minimum atomic E-state index is -3.52. The average molecular weight is 363 g/mol. The lowest BCUT2D eigenvalue weighted by atomic mass is 9.99. The van der Waals surface area contributed by atoms with Gasteiger partial charge in [0.05, 0.1) is 17.6 Å². The lowest BCUT2D eigenvalue weighted by Gasteiger charge is -2.30. The van der Waals surface area contributed by atoms with E-state index in [9.17, 15) is 13.2 Å². The van der Waals surface area contributed by atoms with E-state index >= 15 is 0 Å². The van der Waals surface area contributed by atoms with E-state index in [4.69, 9.17) is 5.73 Å². The third-order valence-corrected chi connectivity index (χ3v) is 6.04. The number of hydrogen-bond donors (Lipinski definition) is 1. The Kier molecular flexibility index (Phi) is 7.01. The molecule has 0 radical (unpaired) electrons. The van der Waals surface area contributed by atoms with Crippen molar-refractivity contribution < 1.29 is 17.9 Å². The van der Waals surface area contributed by atoms with Gasteiger partial charge in [0.25, 0.3) is 0 Å². The van der Waals surface area contributed by atoms with E-state index in [1.807, 2.05) is 0 Å². The van der Waals surface area contributed by atoms with Crippen molar-refractivity contribution in [3.8, 4) is 0 Å². The number of methoxy groups -OCH3 is 1. The van der Waals surface area contributed by atoms with Crippen LogP contribution in [0.2, 0.25) is 0 Å². The molecule has 1 aliphatic rings. The molecule has 0 aromatic heterocycles. The highest BCUT2D eigenvalue weighted by atomic mass is 35.5. The van der Waals surface area contributed by atoms with Crippen molar-refractivity contribution in [1.29, 1.82) is 0 Å². The van der Waals surface area contributed by atoms with Gasteiger partial charge >= 0.3 is 5.97 Å². The number of ether oxygens (including phenoxy) is 1. The van der Waals surface area contributed by atoms with E-state index in [1.165, 1.54) is 29.6 Å². The zero-order valence-electron chi connectivity index (χ0n) is 13.3. The first kappa shape index (κ1) is 19.9. The largest absolute Gasteiger partial charge is 0.465 e. The highest BCUT2D eigenvalue weighted by molar-refractivity contribution is 7.89. The van der Waals surface area contributed by atoms with Crippen LogP contribution in [0.15, 0.2) is 23.1 Å². The molecule has 6 nitrogen and oxygen atoms in total. The number of halogens is 1. The first-order valence-corrected chi connectivity index (χ1v) is 8.73. The van der Waals surface area contributed by atoms with Gasteiger partial charge in [-0.25, -0.2) is 13.2 Å². The molecule has 0 saturated carbocycles. The zero-order valence-corrected chi connectivity index (χ0v) is 15.0. The topological polar surface area (TPSA) is 89.7 Å². The lowest BCUT2D eigenvalue weighted by molar-refractivity contribution is 0.0600. The molecule has 1 heterocycles. The normalized spacial score (nSPS) is 16.7. The number of nitrogens with zero attached hydrogens (tertiary/aromatic N) is 1. The Bertz CT molecular complexity index is 655. The SMILES string of the molecule is COC(=O)c1ccc(S(=O)(=O)N2CCC(CN)CC2)cc1C.Cl. The van der Waals surface area contributed by atoms with Gasteiger partial charge in [-0.2, -0.15) is 4.31 Å². The predicted molar refractivity (Wildman–Crippen MR) is 90.3 cm³/mol. The molecule has 0 aliphatic carbocycles. The lowest BCUT2D eigenvalue weighted by Crippen LogP contribution is -2.40. The Morgan fingerprint density at radius 2 is 1.96 bits per heavy atom. The summed E-state index contributed by atoms with van der Waals surface area (Å²) in [6, 6.07) is 4.49. The Hall–Kier alpha value is -1.15. The van der Waals surface area contributed by atoms with Gasteiger partial charge in [0.1, 0.15) is 0 Å². The van der Waals surface area contributed by atoms with Gasteiger partial charge in [-0.3, -0.25) is 0 Å². The summed E-state index contributed by atoms with van der Waals surface area (Å²) in [6.07, 6.45) is 1.57. The highest BCUT2D eigenvalue weighted by Crippen LogP contribution is 2.24. The van der Waals surface area contributed by atoms with Gasteiger partial charge in [-0.1, -0.05) is 0 Å². The van der Waals surface area contributed by atoms with Gasteiger partial charge in [0, 0.05) is 13.1 Å². The van der Waals surface area contributed by atoms with Gasteiger partial charge in [-0.05, 0) is 56.0 Å². The molecule has 23 heavy (non-hydrogen) atoms. The summed E-state index contributed by atoms with van der Waals surface area (Å²) in [7, 11) is -2.23. The average Bonchev–Trinajstić information content (AvgIpc) is 2.54. The molecule has 130 valence electrons. The summed E-state index contributed by atoms with van der Waals surface area (Å²) in [5.41, 5.74) is 6.60. The fourth-order valence-electron chi connectivity index (χ4n) is 2.67. The van der Waals surface area contributed by atoms with Crippen molar-refractivity contribution in [3.05, 3.63) is 29.3 Å². The number of benzene rings is 1. The summed E-state index contributed by atoms with van der Waals surface area (Å²) in [5.74, 6) is -0.0694. The van der Waals surface area contributed by atoms with Gasteiger partial charge < -0.3 is 10.5 Å². The first-order valence-electron chi connectivity index (χ1n) is 7.29. The molecule has 1 aromatic rings. The van der Waals surface area contributed by atoms with E-state index in [0.717, 1.165) is 12.8 Å². The molecule has 1 aromatic carbocycles. The minimum Gasteiger partial charge on any atom is -0.465 e. The van der Waals surface area contributed by atoms with E-state index in [-0.39, 0.29) is 17.3 Å². The third-order valence-electron chi connectivity index (χ3n) is 4.15. The second-order valence-corrected chi connectivity index (χ2v) is 7.49. The number of rotatable bonds is 4. The molecule has 2 N–H and O–H groups in total. The molecule has 8 heteroatoms. The van der Waals surface area contributed by atoms with Crippen molar-refractivity contribution in [2.45, 2.75) is 24.7 Å². The molecular formula is C15H23ClN2O4S. The molecule has 0 spiro atoms. The third kappa shape index (κ3) is 4.23. The molecule has 0 bridgehead atoms. The maximum Gasteiger partial charge on any atom is 0.338 e. The minimum absolute atomic E-state index is 0.